The Morgan fingerprint density at radius 2 is 2.00 bits per heavy atom. The maximum atomic E-state index is 12.8. The van der Waals surface area contributed by atoms with Crippen molar-refractivity contribution in [3.63, 3.8) is 0 Å². The summed E-state index contributed by atoms with van der Waals surface area (Å²) >= 11 is 1.36. The number of rotatable bonds is 3. The lowest BCUT2D eigenvalue weighted by molar-refractivity contribution is -0.137. The highest BCUT2D eigenvalue weighted by molar-refractivity contribution is 7.18. The highest BCUT2D eigenvalue weighted by atomic mass is 35.5. The van der Waals surface area contributed by atoms with E-state index >= 15 is 0 Å². The number of nitrogens with zero attached hydrogens (tertiary/aromatic N) is 2. The van der Waals surface area contributed by atoms with Crippen molar-refractivity contribution in [2.24, 2.45) is 5.41 Å². The van der Waals surface area contributed by atoms with E-state index in [0.29, 0.717) is 28.8 Å². The fourth-order valence-corrected chi connectivity index (χ4v) is 5.03. The molecule has 2 aromatic rings. The van der Waals surface area contributed by atoms with Crippen LogP contribution in [0.5, 0.6) is 0 Å². The Balaban J connectivity index is 0.00000225. The quantitative estimate of drug-likeness (QED) is 0.786. The third kappa shape index (κ3) is 4.44. The van der Waals surface area contributed by atoms with E-state index in [9.17, 15) is 18.0 Å². The predicted molar refractivity (Wildman–Crippen MR) is 106 cm³/mol. The minimum absolute atomic E-state index is 0. The summed E-state index contributed by atoms with van der Waals surface area (Å²) in [6.07, 6.45) is -0.241. The summed E-state index contributed by atoms with van der Waals surface area (Å²) in [5, 5.41) is 4.13. The minimum atomic E-state index is -4.37. The number of carbonyl (C=O) groups is 1. The molecule has 4 nitrogen and oxygen atoms in total. The fraction of sp³-hybridized carbons (Fsp3) is 0.579. The third-order valence-corrected chi connectivity index (χ3v) is 6.92. The summed E-state index contributed by atoms with van der Waals surface area (Å²) in [4.78, 5) is 18.7. The first-order valence-corrected chi connectivity index (χ1v) is 10.1. The lowest BCUT2D eigenvalue weighted by Crippen LogP contribution is -2.44. The molecule has 0 bridgehead atoms. The first kappa shape index (κ1) is 21.3. The Labute approximate surface area is 171 Å². The topological polar surface area (TPSA) is 45.2 Å². The van der Waals surface area contributed by atoms with Crippen LogP contribution in [0.2, 0.25) is 0 Å². The Bertz CT molecular complexity index is 839. The molecule has 1 N–H and O–H groups in total. The number of benzene rings is 1. The Kier molecular flexibility index (Phi) is 6.22. The van der Waals surface area contributed by atoms with E-state index < -0.39 is 11.7 Å². The Morgan fingerprint density at radius 3 is 2.64 bits per heavy atom. The highest BCUT2D eigenvalue weighted by Gasteiger charge is 2.38. The molecular formula is C19H23ClF3N3OS. The number of amides is 1. The van der Waals surface area contributed by atoms with E-state index in [-0.39, 0.29) is 18.3 Å². The lowest BCUT2D eigenvalue weighted by Gasteiger charge is -2.38. The normalized spacial score (nSPS) is 19.2. The first-order chi connectivity index (χ1) is 12.8. The Hall–Kier alpha value is -1.38. The van der Waals surface area contributed by atoms with Crippen molar-refractivity contribution >= 4 is 39.9 Å². The highest BCUT2D eigenvalue weighted by Crippen LogP contribution is 2.37. The molecule has 2 fully saturated rings. The fourth-order valence-electron chi connectivity index (χ4n) is 4.08. The third-order valence-electron chi connectivity index (χ3n) is 5.82. The van der Waals surface area contributed by atoms with Crippen LogP contribution in [-0.2, 0) is 17.4 Å². The van der Waals surface area contributed by atoms with Crippen molar-refractivity contribution in [2.45, 2.75) is 38.3 Å². The predicted octanol–water partition coefficient (Wildman–Crippen LogP) is 4.27. The largest absolute Gasteiger partial charge is 0.416 e. The molecule has 3 heterocycles. The number of alkyl halides is 3. The van der Waals surface area contributed by atoms with Crippen molar-refractivity contribution in [1.82, 2.24) is 15.2 Å². The molecular weight excluding hydrogens is 411 g/mol. The zero-order valence-electron chi connectivity index (χ0n) is 15.3. The second-order valence-electron chi connectivity index (χ2n) is 7.60. The Morgan fingerprint density at radius 1 is 1.25 bits per heavy atom. The van der Waals surface area contributed by atoms with E-state index in [1.807, 2.05) is 4.90 Å². The van der Waals surface area contributed by atoms with Gasteiger partial charge in [0.05, 0.1) is 20.8 Å². The first-order valence-electron chi connectivity index (χ1n) is 9.30. The summed E-state index contributed by atoms with van der Waals surface area (Å²) in [6.45, 7) is 3.73. The van der Waals surface area contributed by atoms with Crippen LogP contribution in [0.1, 0.15) is 36.3 Å². The van der Waals surface area contributed by atoms with E-state index in [2.05, 4.69) is 10.3 Å². The zero-order valence-corrected chi connectivity index (χ0v) is 17.0. The molecule has 1 aromatic heterocycles. The van der Waals surface area contributed by atoms with E-state index in [1.54, 1.807) is 0 Å². The van der Waals surface area contributed by atoms with Crippen molar-refractivity contribution in [3.05, 3.63) is 28.8 Å². The summed E-state index contributed by atoms with van der Waals surface area (Å²) in [5.41, 5.74) is 0.0394. The van der Waals surface area contributed by atoms with Crippen molar-refractivity contribution in [3.8, 4) is 0 Å². The standard InChI is InChI=1S/C19H22F3N3OS.ClH/c20-19(21,22)13-1-2-15-14(11-13)24-16(27-15)3-4-17(26)25-9-6-18(7-10-25)5-8-23-12-18;/h1-2,11,23H,3-10,12H2;1H. The molecule has 2 aliphatic heterocycles. The van der Waals surface area contributed by atoms with Crippen molar-refractivity contribution in [1.29, 1.82) is 0 Å². The summed E-state index contributed by atoms with van der Waals surface area (Å²) < 4.78 is 39.2. The maximum Gasteiger partial charge on any atom is 0.416 e. The number of aromatic nitrogens is 1. The number of piperidine rings is 1. The van der Waals surface area contributed by atoms with Crippen LogP contribution < -0.4 is 5.32 Å². The van der Waals surface area contributed by atoms with Gasteiger partial charge in [-0.2, -0.15) is 13.2 Å². The maximum absolute atomic E-state index is 12.8. The molecule has 2 saturated heterocycles. The minimum Gasteiger partial charge on any atom is -0.343 e. The molecule has 0 aliphatic carbocycles. The van der Waals surface area contributed by atoms with Gasteiger partial charge in [-0.15, -0.1) is 23.7 Å². The van der Waals surface area contributed by atoms with Crippen LogP contribution in [0.25, 0.3) is 10.2 Å². The zero-order chi connectivity index (χ0) is 19.1. The number of fused-ring (bicyclic) bond motifs is 1. The number of likely N-dealkylation sites (tertiary alicyclic amines) is 1. The summed E-state index contributed by atoms with van der Waals surface area (Å²) in [5.74, 6) is 0.117. The van der Waals surface area contributed by atoms with Gasteiger partial charge in [-0.1, -0.05) is 0 Å². The van der Waals surface area contributed by atoms with Gasteiger partial charge in [-0.25, -0.2) is 4.98 Å². The molecule has 0 saturated carbocycles. The number of aryl methyl sites for hydroxylation is 1. The number of hydrogen-bond donors (Lipinski definition) is 1. The van der Waals surface area contributed by atoms with Gasteiger partial charge in [0.15, 0.2) is 0 Å². The monoisotopic (exact) mass is 433 g/mol. The average Bonchev–Trinajstić information content (AvgIpc) is 3.25. The SMILES string of the molecule is Cl.O=C(CCc1nc2cc(C(F)(F)F)ccc2s1)N1CCC2(CCNC2)CC1. The van der Waals surface area contributed by atoms with Gasteiger partial charge in [-0.05, 0) is 49.4 Å². The number of carbonyl (C=O) groups excluding carboxylic acids is 1. The number of halogens is 4. The molecule has 0 atom stereocenters. The number of thiazole rings is 1. The van der Waals surface area contributed by atoms with E-state index in [0.717, 1.165) is 55.9 Å². The van der Waals surface area contributed by atoms with Gasteiger partial charge in [-0.3, -0.25) is 4.79 Å². The molecule has 4 rings (SSSR count). The summed E-state index contributed by atoms with van der Waals surface area (Å²) in [6, 6.07) is 3.62. The molecule has 154 valence electrons. The van der Waals surface area contributed by atoms with E-state index in [1.165, 1.54) is 23.8 Å². The number of hydrogen-bond acceptors (Lipinski definition) is 4. The second-order valence-corrected chi connectivity index (χ2v) is 8.71. The van der Waals surface area contributed by atoms with Gasteiger partial charge in [0.25, 0.3) is 0 Å². The van der Waals surface area contributed by atoms with Gasteiger partial charge in [0.2, 0.25) is 5.91 Å². The van der Waals surface area contributed by atoms with Gasteiger partial charge >= 0.3 is 6.18 Å². The second kappa shape index (κ2) is 8.16. The molecule has 0 unspecified atom stereocenters. The van der Waals surface area contributed by atoms with Crippen LogP contribution in [0, 0.1) is 5.41 Å². The smallest absolute Gasteiger partial charge is 0.343 e. The molecule has 9 heteroatoms. The van der Waals surface area contributed by atoms with Crippen molar-refractivity contribution in [2.75, 3.05) is 26.2 Å². The average molecular weight is 434 g/mol. The molecule has 0 radical (unpaired) electrons. The van der Waals surface area contributed by atoms with Crippen LogP contribution in [0.3, 0.4) is 0 Å². The molecule has 2 aliphatic rings. The van der Waals surface area contributed by atoms with Gasteiger partial charge in [0, 0.05) is 32.5 Å². The van der Waals surface area contributed by atoms with Crippen LogP contribution in [0.4, 0.5) is 13.2 Å². The van der Waals surface area contributed by atoms with Crippen LogP contribution >= 0.6 is 23.7 Å². The van der Waals surface area contributed by atoms with Crippen LogP contribution in [-0.4, -0.2) is 42.0 Å². The summed E-state index contributed by atoms with van der Waals surface area (Å²) in [7, 11) is 0. The molecule has 1 amide bonds. The molecule has 28 heavy (non-hydrogen) atoms. The molecule has 1 spiro atoms. The van der Waals surface area contributed by atoms with Crippen molar-refractivity contribution < 1.29 is 18.0 Å². The van der Waals surface area contributed by atoms with E-state index in [4.69, 9.17) is 0 Å². The van der Waals surface area contributed by atoms with Gasteiger partial charge < -0.3 is 10.2 Å². The number of nitrogens with one attached hydrogen (secondary N) is 1. The lowest BCUT2D eigenvalue weighted by atomic mass is 9.78. The van der Waals surface area contributed by atoms with Crippen LogP contribution in [0.15, 0.2) is 18.2 Å². The molecule has 1 aromatic carbocycles. The van der Waals surface area contributed by atoms with Gasteiger partial charge in [0.1, 0.15) is 0 Å².